The SMILES string of the molecule is CSCC(NC(C)=O)C1CCCOC1. The number of rotatable bonds is 4. The van der Waals surface area contributed by atoms with Gasteiger partial charge in [-0.05, 0) is 19.1 Å². The van der Waals surface area contributed by atoms with Crippen molar-refractivity contribution < 1.29 is 9.53 Å². The zero-order valence-electron chi connectivity index (χ0n) is 8.91. The summed E-state index contributed by atoms with van der Waals surface area (Å²) < 4.78 is 5.43. The van der Waals surface area contributed by atoms with Crippen LogP contribution in [0.3, 0.4) is 0 Å². The van der Waals surface area contributed by atoms with Crippen LogP contribution in [0.5, 0.6) is 0 Å². The number of nitrogens with one attached hydrogen (secondary N) is 1. The zero-order chi connectivity index (χ0) is 10.4. The van der Waals surface area contributed by atoms with Crippen LogP contribution >= 0.6 is 11.8 Å². The number of carbonyl (C=O) groups excluding carboxylic acids is 1. The van der Waals surface area contributed by atoms with Crippen molar-refractivity contribution in [2.24, 2.45) is 5.92 Å². The quantitative estimate of drug-likeness (QED) is 0.771. The normalized spacial score (nSPS) is 24.3. The maximum absolute atomic E-state index is 11.0. The minimum Gasteiger partial charge on any atom is -0.381 e. The van der Waals surface area contributed by atoms with Gasteiger partial charge < -0.3 is 10.1 Å². The van der Waals surface area contributed by atoms with Crippen molar-refractivity contribution in [3.8, 4) is 0 Å². The van der Waals surface area contributed by atoms with E-state index in [1.807, 2.05) is 0 Å². The number of hydrogen-bond donors (Lipinski definition) is 1. The molecular formula is C10H19NO2S. The molecule has 14 heavy (non-hydrogen) atoms. The van der Waals surface area contributed by atoms with Crippen LogP contribution in [0.25, 0.3) is 0 Å². The average Bonchev–Trinajstić information content (AvgIpc) is 2.18. The summed E-state index contributed by atoms with van der Waals surface area (Å²) in [6, 6.07) is 0.280. The van der Waals surface area contributed by atoms with Crippen LogP contribution in [-0.4, -0.2) is 37.2 Å². The van der Waals surface area contributed by atoms with Gasteiger partial charge in [0.2, 0.25) is 5.91 Å². The molecule has 4 heteroatoms. The second-order valence-corrected chi connectivity index (χ2v) is 4.65. The standard InChI is InChI=1S/C10H19NO2S/c1-8(12)11-10(7-14-2)9-4-3-5-13-6-9/h9-10H,3-7H2,1-2H3,(H,11,12). The van der Waals surface area contributed by atoms with Crippen LogP contribution in [0.1, 0.15) is 19.8 Å². The van der Waals surface area contributed by atoms with Gasteiger partial charge in [-0.2, -0.15) is 11.8 Å². The van der Waals surface area contributed by atoms with Gasteiger partial charge >= 0.3 is 0 Å². The van der Waals surface area contributed by atoms with E-state index in [1.165, 1.54) is 6.42 Å². The fourth-order valence-electron chi connectivity index (χ4n) is 1.82. The number of carbonyl (C=O) groups is 1. The van der Waals surface area contributed by atoms with E-state index in [-0.39, 0.29) is 11.9 Å². The van der Waals surface area contributed by atoms with E-state index in [0.29, 0.717) is 5.92 Å². The summed E-state index contributed by atoms with van der Waals surface area (Å²) in [4.78, 5) is 11.0. The monoisotopic (exact) mass is 217 g/mol. The van der Waals surface area contributed by atoms with E-state index < -0.39 is 0 Å². The van der Waals surface area contributed by atoms with Crippen molar-refractivity contribution in [3.63, 3.8) is 0 Å². The van der Waals surface area contributed by atoms with Crippen molar-refractivity contribution in [2.45, 2.75) is 25.8 Å². The Bertz CT molecular complexity index is 181. The third kappa shape index (κ3) is 3.88. The molecule has 0 spiro atoms. The molecule has 2 unspecified atom stereocenters. The predicted molar refractivity (Wildman–Crippen MR) is 59.5 cm³/mol. The third-order valence-corrected chi connectivity index (χ3v) is 3.19. The van der Waals surface area contributed by atoms with E-state index in [4.69, 9.17) is 4.74 Å². The van der Waals surface area contributed by atoms with E-state index in [9.17, 15) is 4.79 Å². The summed E-state index contributed by atoms with van der Waals surface area (Å²) in [7, 11) is 0. The van der Waals surface area contributed by atoms with Crippen LogP contribution in [0, 0.1) is 5.92 Å². The van der Waals surface area contributed by atoms with Gasteiger partial charge in [0.05, 0.1) is 6.61 Å². The summed E-state index contributed by atoms with van der Waals surface area (Å²) in [5.74, 6) is 1.54. The van der Waals surface area contributed by atoms with E-state index in [1.54, 1.807) is 18.7 Å². The Labute approximate surface area is 90.0 Å². The molecule has 0 aliphatic carbocycles. The molecular weight excluding hydrogens is 198 g/mol. The number of hydrogen-bond acceptors (Lipinski definition) is 3. The van der Waals surface area contributed by atoms with E-state index in [2.05, 4.69) is 11.6 Å². The van der Waals surface area contributed by atoms with Crippen molar-refractivity contribution in [1.82, 2.24) is 5.32 Å². The maximum atomic E-state index is 11.0. The van der Waals surface area contributed by atoms with E-state index in [0.717, 1.165) is 25.4 Å². The van der Waals surface area contributed by atoms with Crippen molar-refractivity contribution in [3.05, 3.63) is 0 Å². The maximum Gasteiger partial charge on any atom is 0.217 e. The Hall–Kier alpha value is -0.220. The molecule has 0 aromatic heterocycles. The highest BCUT2D eigenvalue weighted by atomic mass is 32.2. The van der Waals surface area contributed by atoms with Crippen LogP contribution in [-0.2, 0) is 9.53 Å². The largest absolute Gasteiger partial charge is 0.381 e. The second-order valence-electron chi connectivity index (χ2n) is 3.74. The van der Waals surface area contributed by atoms with Crippen LogP contribution in [0.15, 0.2) is 0 Å². The third-order valence-electron chi connectivity index (χ3n) is 2.50. The number of thioether (sulfide) groups is 1. The number of ether oxygens (including phenoxy) is 1. The van der Waals surface area contributed by atoms with Gasteiger partial charge in [0.25, 0.3) is 0 Å². The summed E-state index contributed by atoms with van der Waals surface area (Å²) in [6.45, 7) is 3.26. The van der Waals surface area contributed by atoms with Crippen molar-refractivity contribution >= 4 is 17.7 Å². The molecule has 1 fully saturated rings. The molecule has 3 nitrogen and oxygen atoms in total. The Morgan fingerprint density at radius 2 is 2.50 bits per heavy atom. The lowest BCUT2D eigenvalue weighted by Gasteiger charge is -2.30. The van der Waals surface area contributed by atoms with Gasteiger partial charge in [0.15, 0.2) is 0 Å². The molecule has 1 aliphatic heterocycles. The fraction of sp³-hybridized carbons (Fsp3) is 0.900. The van der Waals surface area contributed by atoms with Gasteiger partial charge in [0.1, 0.15) is 0 Å². The Morgan fingerprint density at radius 3 is 3.00 bits per heavy atom. The van der Waals surface area contributed by atoms with E-state index >= 15 is 0 Å². The van der Waals surface area contributed by atoms with Gasteiger partial charge in [-0.15, -0.1) is 0 Å². The average molecular weight is 217 g/mol. The molecule has 1 amide bonds. The minimum atomic E-state index is 0.0645. The number of amides is 1. The first kappa shape index (κ1) is 11.9. The molecule has 1 saturated heterocycles. The molecule has 0 aromatic rings. The minimum absolute atomic E-state index is 0.0645. The van der Waals surface area contributed by atoms with Crippen molar-refractivity contribution in [2.75, 3.05) is 25.2 Å². The lowest BCUT2D eigenvalue weighted by Crippen LogP contribution is -2.44. The highest BCUT2D eigenvalue weighted by Gasteiger charge is 2.24. The second kappa shape index (κ2) is 6.30. The predicted octanol–water partition coefficient (Wildman–Crippen LogP) is 1.28. The highest BCUT2D eigenvalue weighted by Crippen LogP contribution is 2.19. The van der Waals surface area contributed by atoms with Gasteiger partial charge in [-0.1, -0.05) is 0 Å². The molecule has 2 atom stereocenters. The molecule has 0 aromatic carbocycles. The van der Waals surface area contributed by atoms with Crippen LogP contribution < -0.4 is 5.32 Å². The summed E-state index contributed by atoms with van der Waals surface area (Å²) in [6.07, 6.45) is 4.36. The summed E-state index contributed by atoms with van der Waals surface area (Å²) in [5.41, 5.74) is 0. The topological polar surface area (TPSA) is 38.3 Å². The molecule has 1 heterocycles. The molecule has 0 radical (unpaired) electrons. The fourth-order valence-corrected chi connectivity index (χ4v) is 2.53. The van der Waals surface area contributed by atoms with Crippen molar-refractivity contribution in [1.29, 1.82) is 0 Å². The Kier molecular flexibility index (Phi) is 5.33. The van der Waals surface area contributed by atoms with Gasteiger partial charge in [0, 0.05) is 31.2 Å². The highest BCUT2D eigenvalue weighted by molar-refractivity contribution is 7.98. The first-order valence-corrected chi connectivity index (χ1v) is 6.47. The lowest BCUT2D eigenvalue weighted by molar-refractivity contribution is -0.120. The molecule has 1 N–H and O–H groups in total. The Balaban J connectivity index is 2.42. The smallest absolute Gasteiger partial charge is 0.217 e. The molecule has 82 valence electrons. The van der Waals surface area contributed by atoms with Gasteiger partial charge in [-0.25, -0.2) is 0 Å². The van der Waals surface area contributed by atoms with Crippen LogP contribution in [0.2, 0.25) is 0 Å². The first-order valence-electron chi connectivity index (χ1n) is 5.08. The summed E-state index contributed by atoms with van der Waals surface area (Å²) >= 11 is 1.78. The molecule has 0 bridgehead atoms. The van der Waals surface area contributed by atoms with Gasteiger partial charge in [-0.3, -0.25) is 4.79 Å². The summed E-state index contributed by atoms with van der Waals surface area (Å²) in [5, 5.41) is 3.01. The zero-order valence-corrected chi connectivity index (χ0v) is 9.73. The van der Waals surface area contributed by atoms with Crippen LogP contribution in [0.4, 0.5) is 0 Å². The molecule has 0 saturated carbocycles. The molecule has 1 rings (SSSR count). The molecule has 1 aliphatic rings. The first-order chi connectivity index (χ1) is 6.74. The Morgan fingerprint density at radius 1 is 1.71 bits per heavy atom. The lowest BCUT2D eigenvalue weighted by atomic mass is 9.95.